The maximum absolute atomic E-state index is 12.1. The third-order valence-corrected chi connectivity index (χ3v) is 4.73. The Morgan fingerprint density at radius 1 is 1.28 bits per heavy atom. The van der Waals surface area contributed by atoms with Gasteiger partial charge < -0.3 is 14.8 Å². The average Bonchev–Trinajstić information content (AvgIpc) is 3.26. The highest BCUT2D eigenvalue weighted by Gasteiger charge is 2.15. The van der Waals surface area contributed by atoms with Gasteiger partial charge in [0.15, 0.2) is 0 Å². The van der Waals surface area contributed by atoms with E-state index in [1.165, 1.54) is 0 Å². The van der Waals surface area contributed by atoms with Crippen LogP contribution in [0.5, 0.6) is 0 Å². The van der Waals surface area contributed by atoms with Crippen LogP contribution in [-0.2, 0) is 11.2 Å². The Labute approximate surface area is 150 Å². The topological polar surface area (TPSA) is 75.4 Å². The molecule has 0 fully saturated rings. The quantitative estimate of drug-likeness (QED) is 0.679. The molecule has 0 bridgehead atoms. The molecule has 2 heterocycles. The van der Waals surface area contributed by atoms with Gasteiger partial charge in [-0.1, -0.05) is 36.4 Å². The first kappa shape index (κ1) is 17.4. The van der Waals surface area contributed by atoms with Crippen molar-refractivity contribution in [2.45, 2.75) is 25.9 Å². The molecule has 3 rings (SSSR count). The first-order valence-corrected chi connectivity index (χ1v) is 9.01. The van der Waals surface area contributed by atoms with E-state index in [1.54, 1.807) is 11.3 Å². The van der Waals surface area contributed by atoms with E-state index in [1.807, 2.05) is 54.8 Å². The van der Waals surface area contributed by atoms with Gasteiger partial charge >= 0.3 is 0 Å². The highest BCUT2D eigenvalue weighted by Crippen LogP contribution is 2.26. The Morgan fingerprint density at radius 3 is 2.80 bits per heavy atom. The molecule has 0 aliphatic heterocycles. The number of thiophene rings is 1. The van der Waals surface area contributed by atoms with Crippen molar-refractivity contribution in [2.75, 3.05) is 6.54 Å². The molecule has 0 spiro atoms. The van der Waals surface area contributed by atoms with Crippen molar-refractivity contribution in [3.63, 3.8) is 0 Å². The molecule has 0 saturated carbocycles. The number of aromatic nitrogens is 1. The zero-order valence-electron chi connectivity index (χ0n) is 13.9. The number of amides is 1. The Kier molecular flexibility index (Phi) is 5.63. The van der Waals surface area contributed by atoms with Crippen molar-refractivity contribution >= 4 is 17.2 Å². The highest BCUT2D eigenvalue weighted by atomic mass is 32.1. The summed E-state index contributed by atoms with van der Waals surface area (Å²) in [6.07, 6.45) is 0.0524. The van der Waals surface area contributed by atoms with Crippen molar-refractivity contribution in [1.29, 1.82) is 0 Å². The number of rotatable bonds is 7. The van der Waals surface area contributed by atoms with Crippen LogP contribution in [0.15, 0.2) is 52.3 Å². The van der Waals surface area contributed by atoms with Gasteiger partial charge in [-0.25, -0.2) is 4.98 Å². The monoisotopic (exact) mass is 356 g/mol. The van der Waals surface area contributed by atoms with Crippen LogP contribution in [0.4, 0.5) is 0 Å². The molecule has 0 unspecified atom stereocenters. The van der Waals surface area contributed by atoms with Crippen molar-refractivity contribution in [1.82, 2.24) is 10.3 Å². The van der Waals surface area contributed by atoms with Crippen LogP contribution in [0.2, 0.25) is 0 Å². The molecule has 5 nitrogen and oxygen atoms in total. The zero-order chi connectivity index (χ0) is 17.6. The van der Waals surface area contributed by atoms with E-state index in [9.17, 15) is 9.90 Å². The van der Waals surface area contributed by atoms with E-state index in [0.29, 0.717) is 30.3 Å². The first-order valence-electron chi connectivity index (χ1n) is 8.13. The molecule has 0 saturated heterocycles. The van der Waals surface area contributed by atoms with Crippen LogP contribution in [0, 0.1) is 6.92 Å². The molecule has 25 heavy (non-hydrogen) atoms. The molecule has 0 aliphatic rings. The molecule has 0 radical (unpaired) electrons. The number of nitrogens with zero attached hydrogens (tertiary/aromatic N) is 1. The minimum atomic E-state index is -0.583. The predicted molar refractivity (Wildman–Crippen MR) is 97.3 cm³/mol. The van der Waals surface area contributed by atoms with E-state index in [2.05, 4.69) is 10.3 Å². The number of hydrogen-bond donors (Lipinski definition) is 2. The number of nitrogens with one attached hydrogen (secondary N) is 1. The van der Waals surface area contributed by atoms with E-state index < -0.39 is 6.10 Å². The standard InChI is InChI=1S/C19H20N2O3S/c1-13-15(21-19(24-13)17-8-5-11-25-17)12-18(23)20-10-9-16(22)14-6-3-2-4-7-14/h2-8,11,16,22H,9-10,12H2,1H3,(H,20,23)/t16-/m1/s1. The maximum atomic E-state index is 12.1. The van der Waals surface area contributed by atoms with E-state index >= 15 is 0 Å². The van der Waals surface area contributed by atoms with Gasteiger partial charge in [0, 0.05) is 6.54 Å². The maximum Gasteiger partial charge on any atom is 0.236 e. The van der Waals surface area contributed by atoms with E-state index in [4.69, 9.17) is 4.42 Å². The van der Waals surface area contributed by atoms with Gasteiger partial charge in [-0.2, -0.15) is 0 Å². The molecule has 130 valence electrons. The zero-order valence-corrected chi connectivity index (χ0v) is 14.8. The second kappa shape index (κ2) is 8.09. The number of aryl methyl sites for hydroxylation is 1. The molecule has 0 aliphatic carbocycles. The number of aliphatic hydroxyl groups excluding tert-OH is 1. The molecule has 1 amide bonds. The molecule has 1 atom stereocenters. The normalized spacial score (nSPS) is 12.1. The van der Waals surface area contributed by atoms with Gasteiger partial charge in [0.2, 0.25) is 11.8 Å². The van der Waals surface area contributed by atoms with Crippen molar-refractivity contribution in [3.05, 3.63) is 64.9 Å². The van der Waals surface area contributed by atoms with Gasteiger partial charge in [0.05, 0.1) is 23.1 Å². The van der Waals surface area contributed by atoms with Crippen LogP contribution in [-0.4, -0.2) is 22.5 Å². The fraction of sp³-hybridized carbons (Fsp3) is 0.263. The summed E-state index contributed by atoms with van der Waals surface area (Å²) in [7, 11) is 0. The largest absolute Gasteiger partial charge is 0.440 e. The average molecular weight is 356 g/mol. The van der Waals surface area contributed by atoms with E-state index in [-0.39, 0.29) is 12.3 Å². The number of hydrogen-bond acceptors (Lipinski definition) is 5. The van der Waals surface area contributed by atoms with Crippen LogP contribution < -0.4 is 5.32 Å². The summed E-state index contributed by atoms with van der Waals surface area (Å²) in [4.78, 5) is 17.5. The number of aliphatic hydroxyl groups is 1. The fourth-order valence-corrected chi connectivity index (χ4v) is 3.15. The fourth-order valence-electron chi connectivity index (χ4n) is 2.50. The predicted octanol–water partition coefficient (Wildman–Crippen LogP) is 3.49. The molecule has 1 aromatic carbocycles. The van der Waals surface area contributed by atoms with E-state index in [0.717, 1.165) is 10.4 Å². The second-order valence-corrected chi connectivity index (χ2v) is 6.69. The minimum absolute atomic E-state index is 0.130. The molecular formula is C19H20N2O3S. The van der Waals surface area contributed by atoms with Crippen molar-refractivity contribution in [2.24, 2.45) is 0 Å². The highest BCUT2D eigenvalue weighted by molar-refractivity contribution is 7.13. The Balaban J connectivity index is 1.50. The number of carbonyl (C=O) groups excluding carboxylic acids is 1. The molecule has 6 heteroatoms. The number of carbonyl (C=O) groups is 1. The first-order chi connectivity index (χ1) is 12.1. The molecule has 3 aromatic rings. The lowest BCUT2D eigenvalue weighted by Gasteiger charge is -2.11. The minimum Gasteiger partial charge on any atom is -0.440 e. The van der Waals surface area contributed by atoms with Crippen molar-refractivity contribution < 1.29 is 14.3 Å². The Hall–Kier alpha value is -2.44. The van der Waals surface area contributed by atoms with Gasteiger partial charge in [-0.05, 0) is 30.4 Å². The van der Waals surface area contributed by atoms with Crippen LogP contribution in [0.3, 0.4) is 0 Å². The van der Waals surface area contributed by atoms with Gasteiger partial charge in [0.25, 0.3) is 0 Å². The third kappa shape index (κ3) is 4.55. The Bertz CT molecular complexity index is 813. The smallest absolute Gasteiger partial charge is 0.236 e. The summed E-state index contributed by atoms with van der Waals surface area (Å²) >= 11 is 1.55. The summed E-state index contributed by atoms with van der Waals surface area (Å²) in [5.74, 6) is 1.08. The lowest BCUT2D eigenvalue weighted by atomic mass is 10.1. The van der Waals surface area contributed by atoms with Crippen LogP contribution in [0.1, 0.15) is 29.5 Å². The lowest BCUT2D eigenvalue weighted by Crippen LogP contribution is -2.27. The number of benzene rings is 1. The number of oxazole rings is 1. The molecular weight excluding hydrogens is 336 g/mol. The third-order valence-electron chi connectivity index (χ3n) is 3.88. The van der Waals surface area contributed by atoms with Crippen molar-refractivity contribution in [3.8, 4) is 10.8 Å². The summed E-state index contributed by atoms with van der Waals surface area (Å²) in [6.45, 7) is 2.22. The summed E-state index contributed by atoms with van der Waals surface area (Å²) in [5, 5.41) is 14.9. The summed E-state index contributed by atoms with van der Waals surface area (Å²) in [6, 6.07) is 13.3. The summed E-state index contributed by atoms with van der Waals surface area (Å²) < 4.78 is 5.64. The Morgan fingerprint density at radius 2 is 2.08 bits per heavy atom. The second-order valence-electron chi connectivity index (χ2n) is 5.74. The summed E-state index contributed by atoms with van der Waals surface area (Å²) in [5.41, 5.74) is 1.49. The van der Waals surface area contributed by atoms with Crippen LogP contribution >= 0.6 is 11.3 Å². The lowest BCUT2D eigenvalue weighted by molar-refractivity contribution is -0.120. The molecule has 2 N–H and O–H groups in total. The SMILES string of the molecule is Cc1oc(-c2cccs2)nc1CC(=O)NCC[C@@H](O)c1ccccc1. The van der Waals surface area contributed by atoms with Gasteiger partial charge in [-0.15, -0.1) is 11.3 Å². The van der Waals surface area contributed by atoms with Gasteiger partial charge in [0.1, 0.15) is 5.76 Å². The van der Waals surface area contributed by atoms with Crippen LogP contribution in [0.25, 0.3) is 10.8 Å². The van der Waals surface area contributed by atoms with Gasteiger partial charge in [-0.3, -0.25) is 4.79 Å². The molecule has 2 aromatic heterocycles.